The van der Waals surface area contributed by atoms with E-state index in [4.69, 9.17) is 18.5 Å². The molecule has 0 spiro atoms. The summed E-state index contributed by atoms with van der Waals surface area (Å²) >= 11 is 0. The molecule has 0 radical (unpaired) electrons. The van der Waals surface area contributed by atoms with Gasteiger partial charge in [0.25, 0.3) is 0 Å². The van der Waals surface area contributed by atoms with Crippen LogP contribution in [0.1, 0.15) is 104 Å². The molecular weight excluding hydrogens is 467 g/mol. The summed E-state index contributed by atoms with van der Waals surface area (Å²) in [5.41, 5.74) is 0.845. The maximum Gasteiger partial charge on any atom is 0.333 e. The molecule has 0 saturated carbocycles. The molecule has 0 fully saturated rings. The van der Waals surface area contributed by atoms with Gasteiger partial charge in [-0.3, -0.25) is 4.57 Å². The van der Waals surface area contributed by atoms with E-state index >= 15 is 0 Å². The zero-order valence-corrected chi connectivity index (χ0v) is 23.3. The van der Waals surface area contributed by atoms with Crippen LogP contribution in [0.2, 0.25) is 0 Å². The third-order valence-electron chi connectivity index (χ3n) is 5.35. The lowest BCUT2D eigenvalue weighted by Crippen LogP contribution is -2.06. The molecule has 0 N–H and O–H groups in total. The number of carbonyl (C=O) groups is 2. The first kappa shape index (κ1) is 33.6. The predicted molar refractivity (Wildman–Crippen MR) is 142 cm³/mol. The summed E-state index contributed by atoms with van der Waals surface area (Å²) in [5.74, 6) is -0.669. The Morgan fingerprint density at radius 2 is 0.971 bits per heavy atom. The number of esters is 2. The average Bonchev–Trinajstić information content (AvgIpc) is 2.81. The molecule has 0 atom stereocenters. The highest BCUT2D eigenvalue weighted by atomic mass is 31.2. The first-order chi connectivity index (χ1) is 16.7. The Kier molecular flexibility index (Phi) is 20.9. The zero-order valence-electron chi connectivity index (χ0n) is 22.4. The van der Waals surface area contributed by atoms with Gasteiger partial charge in [0.2, 0.25) is 0 Å². The van der Waals surface area contributed by atoms with Crippen LogP contribution in [0.3, 0.4) is 0 Å². The lowest BCUT2D eigenvalue weighted by atomic mass is 10.1. The largest absolute Gasteiger partial charge is 0.462 e. The minimum absolute atomic E-state index is 0.334. The van der Waals surface area contributed by atoms with Gasteiger partial charge in [0.05, 0.1) is 32.6 Å². The fraction of sp³-hybridized carbons (Fsp3) is 0.778. The van der Waals surface area contributed by atoms with Crippen LogP contribution in [-0.2, 0) is 32.7 Å². The molecule has 0 unspecified atom stereocenters. The van der Waals surface area contributed by atoms with Crippen molar-refractivity contribution in [2.75, 3.05) is 32.6 Å². The van der Waals surface area contributed by atoms with E-state index in [1.807, 2.05) is 0 Å². The minimum atomic E-state index is -3.05. The van der Waals surface area contributed by atoms with Gasteiger partial charge in [-0.05, 0) is 46.0 Å². The monoisotopic (exact) mass is 516 g/mol. The maximum absolute atomic E-state index is 13.1. The van der Waals surface area contributed by atoms with Crippen molar-refractivity contribution in [1.82, 2.24) is 0 Å². The van der Waals surface area contributed by atoms with Crippen molar-refractivity contribution in [2.24, 2.45) is 0 Å². The molecule has 0 aliphatic heterocycles. The lowest BCUT2D eigenvalue weighted by molar-refractivity contribution is -0.139. The van der Waals surface area contributed by atoms with Gasteiger partial charge < -0.3 is 18.5 Å². The summed E-state index contributed by atoms with van der Waals surface area (Å²) in [4.78, 5) is 22.6. The SMILES string of the molecule is C=C(C)C(=O)OCCCCCCCOP(=O)(CCCCC)OCCCCCCCOC(=O)C(=C)C. The normalized spacial score (nSPS) is 11.3. The van der Waals surface area contributed by atoms with E-state index in [9.17, 15) is 14.2 Å². The van der Waals surface area contributed by atoms with Crippen LogP contribution < -0.4 is 0 Å². The van der Waals surface area contributed by atoms with E-state index in [0.717, 1.165) is 83.5 Å². The molecule has 204 valence electrons. The summed E-state index contributed by atoms with van der Waals surface area (Å²) in [6.45, 7) is 14.2. The van der Waals surface area contributed by atoms with Crippen molar-refractivity contribution >= 4 is 19.5 Å². The summed E-state index contributed by atoms with van der Waals surface area (Å²) in [6.07, 6.45) is 12.7. The number of carbonyl (C=O) groups excluding carboxylic acids is 2. The Labute approximate surface area is 213 Å². The Morgan fingerprint density at radius 3 is 1.34 bits per heavy atom. The minimum Gasteiger partial charge on any atom is -0.462 e. The van der Waals surface area contributed by atoms with E-state index in [0.29, 0.717) is 43.7 Å². The van der Waals surface area contributed by atoms with Gasteiger partial charge in [0.1, 0.15) is 0 Å². The van der Waals surface area contributed by atoms with Crippen LogP contribution in [0.4, 0.5) is 0 Å². The third-order valence-corrected chi connectivity index (χ3v) is 7.37. The predicted octanol–water partition coefficient (Wildman–Crippen LogP) is 7.54. The van der Waals surface area contributed by atoms with Crippen LogP contribution in [0.25, 0.3) is 0 Å². The molecule has 0 aliphatic rings. The van der Waals surface area contributed by atoms with Crippen molar-refractivity contribution in [1.29, 1.82) is 0 Å². The molecule has 0 saturated heterocycles. The van der Waals surface area contributed by atoms with Gasteiger partial charge in [0, 0.05) is 11.1 Å². The molecule has 0 heterocycles. The zero-order chi connectivity index (χ0) is 26.4. The van der Waals surface area contributed by atoms with Crippen molar-refractivity contribution in [3.63, 3.8) is 0 Å². The van der Waals surface area contributed by atoms with E-state index in [-0.39, 0.29) is 11.9 Å². The lowest BCUT2D eigenvalue weighted by Gasteiger charge is -2.18. The number of hydrogen-bond donors (Lipinski definition) is 0. The second kappa shape index (κ2) is 21.8. The third kappa shape index (κ3) is 20.5. The van der Waals surface area contributed by atoms with Crippen LogP contribution >= 0.6 is 7.60 Å². The highest BCUT2D eigenvalue weighted by molar-refractivity contribution is 7.53. The van der Waals surface area contributed by atoms with Gasteiger partial charge in [0.15, 0.2) is 0 Å². The van der Waals surface area contributed by atoms with Gasteiger partial charge in [-0.2, -0.15) is 0 Å². The first-order valence-electron chi connectivity index (χ1n) is 13.2. The summed E-state index contributed by atoms with van der Waals surface area (Å²) < 4.78 is 34.8. The molecule has 0 aromatic heterocycles. The maximum atomic E-state index is 13.1. The molecule has 0 aromatic rings. The quantitative estimate of drug-likeness (QED) is 0.0566. The van der Waals surface area contributed by atoms with E-state index in [1.165, 1.54) is 0 Å². The van der Waals surface area contributed by atoms with Crippen LogP contribution in [0, 0.1) is 0 Å². The highest BCUT2D eigenvalue weighted by Gasteiger charge is 2.23. The Morgan fingerprint density at radius 1 is 0.600 bits per heavy atom. The molecule has 35 heavy (non-hydrogen) atoms. The molecule has 7 nitrogen and oxygen atoms in total. The number of hydrogen-bond acceptors (Lipinski definition) is 7. The smallest absolute Gasteiger partial charge is 0.333 e. The van der Waals surface area contributed by atoms with Crippen molar-refractivity contribution in [2.45, 2.75) is 104 Å². The van der Waals surface area contributed by atoms with E-state index in [1.54, 1.807) is 13.8 Å². The molecule has 8 heteroatoms. The fourth-order valence-corrected chi connectivity index (χ4v) is 4.93. The van der Waals surface area contributed by atoms with E-state index in [2.05, 4.69) is 20.1 Å². The number of ether oxygens (including phenoxy) is 2. The number of rotatable bonds is 24. The van der Waals surface area contributed by atoms with E-state index < -0.39 is 7.60 Å². The second-order valence-corrected chi connectivity index (χ2v) is 11.3. The summed E-state index contributed by atoms with van der Waals surface area (Å²) in [5, 5.41) is 0. The summed E-state index contributed by atoms with van der Waals surface area (Å²) in [6, 6.07) is 0. The molecule has 0 rings (SSSR count). The second-order valence-electron chi connectivity index (χ2n) is 9.08. The van der Waals surface area contributed by atoms with Crippen molar-refractivity contribution in [3.8, 4) is 0 Å². The molecule has 0 aliphatic carbocycles. The van der Waals surface area contributed by atoms with Gasteiger partial charge in [-0.15, -0.1) is 0 Å². The highest BCUT2D eigenvalue weighted by Crippen LogP contribution is 2.49. The van der Waals surface area contributed by atoms with Gasteiger partial charge in [-0.1, -0.05) is 71.4 Å². The van der Waals surface area contributed by atoms with Gasteiger partial charge >= 0.3 is 19.5 Å². The topological polar surface area (TPSA) is 88.1 Å². The van der Waals surface area contributed by atoms with Gasteiger partial charge in [-0.25, -0.2) is 9.59 Å². The molecule has 0 amide bonds. The van der Waals surface area contributed by atoms with Crippen LogP contribution in [0.15, 0.2) is 24.3 Å². The first-order valence-corrected chi connectivity index (χ1v) is 15.0. The van der Waals surface area contributed by atoms with Crippen molar-refractivity contribution in [3.05, 3.63) is 24.3 Å². The Balaban J connectivity index is 3.95. The van der Waals surface area contributed by atoms with Crippen LogP contribution in [0.5, 0.6) is 0 Å². The Hall–Kier alpha value is -1.43. The fourth-order valence-electron chi connectivity index (χ4n) is 3.17. The number of unbranched alkanes of at least 4 members (excludes halogenated alkanes) is 10. The molecule has 0 bridgehead atoms. The standard InChI is InChI=1S/C27H49O7P/c1-6-7-18-23-35(30,33-21-16-12-8-10-14-19-31-26(28)24(2)3)34-22-17-13-9-11-15-20-32-27(29)25(4)5/h2,4,6-23H2,1,3,5H3. The van der Waals surface area contributed by atoms with Crippen molar-refractivity contribution < 1.29 is 32.7 Å². The molecule has 0 aromatic carbocycles. The summed E-state index contributed by atoms with van der Waals surface area (Å²) in [7, 11) is -3.05. The average molecular weight is 517 g/mol. The Bertz CT molecular complexity index is 612. The molecular formula is C27H49O7P. The van der Waals surface area contributed by atoms with Crippen LogP contribution in [-0.4, -0.2) is 44.5 Å².